The summed E-state index contributed by atoms with van der Waals surface area (Å²) in [4.78, 5) is 34.4. The van der Waals surface area contributed by atoms with Crippen molar-refractivity contribution >= 4 is 39.7 Å². The van der Waals surface area contributed by atoms with Gasteiger partial charge in [0.2, 0.25) is 0 Å². The van der Waals surface area contributed by atoms with Gasteiger partial charge in [-0.25, -0.2) is 10.2 Å². The van der Waals surface area contributed by atoms with Crippen LogP contribution in [0.4, 0.5) is 5.69 Å². The highest BCUT2D eigenvalue weighted by atomic mass is 79.9. The number of nitro benzene ring substituents is 1. The highest BCUT2D eigenvalue weighted by Crippen LogP contribution is 2.19. The fourth-order valence-corrected chi connectivity index (χ4v) is 2.85. The van der Waals surface area contributed by atoms with E-state index in [1.54, 1.807) is 48.5 Å². The molecule has 3 aromatic carbocycles. The molecule has 0 atom stereocenters. The topological polar surface area (TPSA) is 111 Å². The molecule has 150 valence electrons. The second-order valence-corrected chi connectivity index (χ2v) is 6.80. The Morgan fingerprint density at radius 1 is 1.03 bits per heavy atom. The Bertz CT molecular complexity index is 1130. The number of halogens is 1. The molecule has 3 rings (SSSR count). The number of nitro groups is 1. The van der Waals surface area contributed by atoms with Crippen LogP contribution in [0.1, 0.15) is 26.3 Å². The summed E-state index contributed by atoms with van der Waals surface area (Å²) in [5.74, 6) is -0.712. The van der Waals surface area contributed by atoms with Gasteiger partial charge in [0.1, 0.15) is 5.75 Å². The first-order chi connectivity index (χ1) is 14.4. The number of carbonyl (C=O) groups is 2. The molecule has 1 amide bonds. The fourth-order valence-electron chi connectivity index (χ4n) is 2.40. The van der Waals surface area contributed by atoms with Crippen molar-refractivity contribution in [1.82, 2.24) is 5.43 Å². The second kappa shape index (κ2) is 9.57. The van der Waals surface area contributed by atoms with Gasteiger partial charge in [-0.1, -0.05) is 18.2 Å². The van der Waals surface area contributed by atoms with E-state index in [0.717, 1.165) is 0 Å². The van der Waals surface area contributed by atoms with E-state index in [4.69, 9.17) is 4.74 Å². The summed E-state index contributed by atoms with van der Waals surface area (Å²) in [6, 6.07) is 18.8. The van der Waals surface area contributed by atoms with Gasteiger partial charge in [-0.2, -0.15) is 5.10 Å². The Kier molecular flexibility index (Phi) is 6.66. The molecule has 0 aliphatic heterocycles. The number of non-ortho nitro benzene ring substituents is 1. The molecule has 0 saturated heterocycles. The molecule has 0 heterocycles. The molecular formula is C21H14BrN3O5. The SMILES string of the molecule is O=C(NN=Cc1ccc(OC(=O)c2ccccc2Br)cc1)c1cccc([N+](=O)[O-])c1. The molecule has 1 N–H and O–H groups in total. The normalized spacial score (nSPS) is 10.6. The minimum Gasteiger partial charge on any atom is -0.423 e. The number of nitrogens with one attached hydrogen (secondary N) is 1. The number of nitrogens with zero attached hydrogens (tertiary/aromatic N) is 2. The van der Waals surface area contributed by atoms with Gasteiger partial charge < -0.3 is 4.74 Å². The third-order valence-corrected chi connectivity index (χ3v) is 4.57. The zero-order valence-corrected chi connectivity index (χ0v) is 16.9. The largest absolute Gasteiger partial charge is 0.423 e. The third kappa shape index (κ3) is 5.36. The van der Waals surface area contributed by atoms with Gasteiger partial charge in [0.05, 0.1) is 16.7 Å². The minimum atomic E-state index is -0.578. The first-order valence-corrected chi connectivity index (χ1v) is 9.38. The number of carbonyl (C=O) groups excluding carboxylic acids is 2. The number of hydrazone groups is 1. The Hall–Kier alpha value is -3.85. The van der Waals surface area contributed by atoms with Crippen LogP contribution in [0.15, 0.2) is 82.4 Å². The lowest BCUT2D eigenvalue weighted by molar-refractivity contribution is -0.384. The van der Waals surface area contributed by atoms with Crippen LogP contribution in [0.25, 0.3) is 0 Å². The van der Waals surface area contributed by atoms with E-state index in [2.05, 4.69) is 26.5 Å². The molecule has 0 saturated carbocycles. The minimum absolute atomic E-state index is 0.121. The van der Waals surface area contributed by atoms with Gasteiger partial charge in [0.25, 0.3) is 11.6 Å². The molecular weight excluding hydrogens is 454 g/mol. The van der Waals surface area contributed by atoms with Crippen molar-refractivity contribution < 1.29 is 19.2 Å². The summed E-state index contributed by atoms with van der Waals surface area (Å²) in [7, 11) is 0. The van der Waals surface area contributed by atoms with Crippen LogP contribution < -0.4 is 10.2 Å². The van der Waals surface area contributed by atoms with E-state index in [1.165, 1.54) is 30.5 Å². The fraction of sp³-hybridized carbons (Fsp3) is 0. The molecule has 0 aliphatic carbocycles. The van der Waals surface area contributed by atoms with Crippen molar-refractivity contribution in [2.75, 3.05) is 0 Å². The Morgan fingerprint density at radius 3 is 2.47 bits per heavy atom. The van der Waals surface area contributed by atoms with Crippen molar-refractivity contribution in [2.45, 2.75) is 0 Å². The van der Waals surface area contributed by atoms with Crippen LogP contribution in [0.3, 0.4) is 0 Å². The highest BCUT2D eigenvalue weighted by Gasteiger charge is 2.12. The lowest BCUT2D eigenvalue weighted by Crippen LogP contribution is -2.17. The molecule has 0 aliphatic rings. The average Bonchev–Trinajstić information content (AvgIpc) is 2.75. The second-order valence-electron chi connectivity index (χ2n) is 5.94. The summed E-state index contributed by atoms with van der Waals surface area (Å²) < 4.78 is 5.97. The number of ether oxygens (including phenoxy) is 1. The average molecular weight is 468 g/mol. The molecule has 0 aromatic heterocycles. The zero-order chi connectivity index (χ0) is 21.5. The number of amides is 1. The molecule has 3 aromatic rings. The number of rotatable bonds is 6. The van der Waals surface area contributed by atoms with Crippen LogP contribution in [0.2, 0.25) is 0 Å². The van der Waals surface area contributed by atoms with Gasteiger partial charge in [-0.15, -0.1) is 0 Å². The molecule has 9 heteroatoms. The molecule has 8 nitrogen and oxygen atoms in total. The van der Waals surface area contributed by atoms with Gasteiger partial charge in [-0.3, -0.25) is 14.9 Å². The van der Waals surface area contributed by atoms with Crippen molar-refractivity contribution in [1.29, 1.82) is 0 Å². The van der Waals surface area contributed by atoms with Gasteiger partial charge in [0.15, 0.2) is 0 Å². The summed E-state index contributed by atoms with van der Waals surface area (Å²) in [6.45, 7) is 0. The van der Waals surface area contributed by atoms with Crippen molar-refractivity contribution in [3.63, 3.8) is 0 Å². The van der Waals surface area contributed by atoms with E-state index in [0.29, 0.717) is 21.3 Å². The predicted octanol–water partition coefficient (Wildman–Crippen LogP) is 4.34. The van der Waals surface area contributed by atoms with Crippen molar-refractivity contribution in [3.8, 4) is 5.75 Å². The zero-order valence-electron chi connectivity index (χ0n) is 15.3. The number of esters is 1. The summed E-state index contributed by atoms with van der Waals surface area (Å²) in [6.07, 6.45) is 1.40. The van der Waals surface area contributed by atoms with Crippen molar-refractivity contribution in [3.05, 3.63) is 104 Å². The summed E-state index contributed by atoms with van der Waals surface area (Å²) in [5.41, 5.74) is 3.30. The van der Waals surface area contributed by atoms with Crippen LogP contribution >= 0.6 is 15.9 Å². The van der Waals surface area contributed by atoms with E-state index >= 15 is 0 Å². The van der Waals surface area contributed by atoms with Gasteiger partial charge in [0, 0.05) is 22.2 Å². The first-order valence-electron chi connectivity index (χ1n) is 8.58. The van der Waals surface area contributed by atoms with Crippen LogP contribution in [0.5, 0.6) is 5.75 Å². The molecule has 30 heavy (non-hydrogen) atoms. The highest BCUT2D eigenvalue weighted by molar-refractivity contribution is 9.10. The maximum Gasteiger partial charge on any atom is 0.344 e. The van der Waals surface area contributed by atoms with Gasteiger partial charge in [-0.05, 0) is 64.0 Å². The van der Waals surface area contributed by atoms with E-state index in [-0.39, 0.29) is 11.3 Å². The maximum absolute atomic E-state index is 12.2. The summed E-state index contributed by atoms with van der Waals surface area (Å²) >= 11 is 3.30. The predicted molar refractivity (Wildman–Crippen MR) is 114 cm³/mol. The number of hydrogen-bond donors (Lipinski definition) is 1. The molecule has 0 unspecified atom stereocenters. The lowest BCUT2D eigenvalue weighted by atomic mass is 10.2. The maximum atomic E-state index is 12.2. The van der Waals surface area contributed by atoms with Crippen LogP contribution in [0, 0.1) is 10.1 Å². The Labute approximate surface area is 179 Å². The number of hydrogen-bond acceptors (Lipinski definition) is 6. The molecule has 0 radical (unpaired) electrons. The number of benzene rings is 3. The monoisotopic (exact) mass is 467 g/mol. The summed E-state index contributed by atoms with van der Waals surface area (Å²) in [5, 5.41) is 14.6. The van der Waals surface area contributed by atoms with E-state index in [1.807, 2.05) is 0 Å². The Morgan fingerprint density at radius 2 is 1.77 bits per heavy atom. The Balaban J connectivity index is 1.59. The smallest absolute Gasteiger partial charge is 0.344 e. The van der Waals surface area contributed by atoms with Gasteiger partial charge >= 0.3 is 5.97 Å². The molecule has 0 spiro atoms. The van der Waals surface area contributed by atoms with Crippen LogP contribution in [-0.2, 0) is 0 Å². The van der Waals surface area contributed by atoms with E-state index < -0.39 is 16.8 Å². The molecule has 0 fully saturated rings. The van der Waals surface area contributed by atoms with Crippen molar-refractivity contribution in [2.24, 2.45) is 5.10 Å². The third-order valence-electron chi connectivity index (χ3n) is 3.88. The molecule has 0 bridgehead atoms. The standard InChI is InChI=1S/C21H14BrN3O5/c22-19-7-2-1-6-18(19)21(27)30-17-10-8-14(9-11-17)13-23-24-20(26)15-4-3-5-16(12-15)25(28)29/h1-13H,(H,24,26). The van der Waals surface area contributed by atoms with E-state index in [9.17, 15) is 19.7 Å². The van der Waals surface area contributed by atoms with Crippen LogP contribution in [-0.4, -0.2) is 23.0 Å². The quantitative estimate of drug-likeness (QED) is 0.190. The first kappa shape index (κ1) is 20.9. The lowest BCUT2D eigenvalue weighted by Gasteiger charge is -2.06.